The third-order valence-electron chi connectivity index (χ3n) is 9.23. The first kappa shape index (κ1) is 34.7. The van der Waals surface area contributed by atoms with Crippen molar-refractivity contribution in [2.75, 3.05) is 26.4 Å². The van der Waals surface area contributed by atoms with Gasteiger partial charge in [0.2, 0.25) is 0 Å². The van der Waals surface area contributed by atoms with E-state index in [0.29, 0.717) is 36.7 Å². The van der Waals surface area contributed by atoms with E-state index < -0.39 is 49.1 Å². The van der Waals surface area contributed by atoms with Gasteiger partial charge in [0.1, 0.15) is 11.3 Å². The zero-order valence-corrected chi connectivity index (χ0v) is 28.1. The Hall–Kier alpha value is -3.58. The van der Waals surface area contributed by atoms with Crippen molar-refractivity contribution in [3.8, 4) is 5.75 Å². The fourth-order valence-corrected chi connectivity index (χ4v) is 7.11. The predicted octanol–water partition coefficient (Wildman–Crippen LogP) is 6.41. The third-order valence-corrected chi connectivity index (χ3v) is 10.9. The maximum atomic E-state index is 13.8. The Morgan fingerprint density at radius 3 is 2.40 bits per heavy atom. The maximum Gasteiger partial charge on any atom is 0.416 e. The molecule has 0 amide bonds. The molecule has 3 atom stereocenters. The highest BCUT2D eigenvalue weighted by Crippen LogP contribution is 2.41. The van der Waals surface area contributed by atoms with Crippen molar-refractivity contribution < 1.29 is 37.0 Å². The summed E-state index contributed by atoms with van der Waals surface area (Å²) in [4.78, 5) is 40.7. The number of hydrogen-bond acceptors (Lipinski definition) is 8. The summed E-state index contributed by atoms with van der Waals surface area (Å²) in [6.07, 6.45) is -0.832. The Kier molecular flexibility index (Phi) is 10.8. The number of halogens is 3. The number of rotatable bonds is 12. The topological polar surface area (TPSA) is 110 Å². The number of aromatic nitrogens is 3. The zero-order chi connectivity index (χ0) is 33.8. The molecule has 2 fully saturated rings. The van der Waals surface area contributed by atoms with Crippen molar-refractivity contribution in [3.05, 3.63) is 63.9 Å². The van der Waals surface area contributed by atoms with E-state index in [1.165, 1.54) is 0 Å². The van der Waals surface area contributed by atoms with Crippen LogP contribution in [0.2, 0.25) is 25.7 Å². The number of fused-ring (bicyclic) bond motifs is 1. The van der Waals surface area contributed by atoms with Crippen LogP contribution in [0.1, 0.15) is 48.0 Å². The largest absolute Gasteiger partial charge is 0.494 e. The number of ketones is 1. The van der Waals surface area contributed by atoms with Gasteiger partial charge in [-0.15, -0.1) is 5.10 Å². The van der Waals surface area contributed by atoms with Crippen molar-refractivity contribution in [1.29, 1.82) is 0 Å². The van der Waals surface area contributed by atoms with Crippen LogP contribution < -0.4 is 10.3 Å². The van der Waals surface area contributed by atoms with Crippen LogP contribution in [0.15, 0.2) is 47.3 Å². The third kappa shape index (κ3) is 8.86. The number of benzene rings is 2. The first-order valence-electron chi connectivity index (χ1n) is 16.3. The van der Waals surface area contributed by atoms with E-state index in [1.54, 1.807) is 24.3 Å². The van der Waals surface area contributed by atoms with Crippen molar-refractivity contribution >= 4 is 30.7 Å². The minimum Gasteiger partial charge on any atom is -0.494 e. The average molecular weight is 674 g/mol. The minimum absolute atomic E-state index is 0.0389. The smallest absolute Gasteiger partial charge is 0.416 e. The summed E-state index contributed by atoms with van der Waals surface area (Å²) in [5.74, 6) is -1.55. The number of ether oxygens (including phenoxy) is 3. The lowest BCUT2D eigenvalue weighted by atomic mass is 9.84. The molecule has 0 radical (unpaired) electrons. The highest BCUT2D eigenvalue weighted by Gasteiger charge is 2.46. The summed E-state index contributed by atoms with van der Waals surface area (Å²) in [6, 6.07) is 10.4. The molecule has 0 bridgehead atoms. The molecule has 1 saturated heterocycles. The lowest BCUT2D eigenvalue weighted by molar-refractivity contribution is -0.150. The van der Waals surface area contributed by atoms with Crippen molar-refractivity contribution in [1.82, 2.24) is 15.0 Å². The van der Waals surface area contributed by atoms with Gasteiger partial charge >= 0.3 is 12.1 Å². The van der Waals surface area contributed by atoms with E-state index >= 15 is 0 Å². The fraction of sp³-hybridized carbons (Fsp3) is 0.559. The molecule has 2 aromatic carbocycles. The lowest BCUT2D eigenvalue weighted by Gasteiger charge is -2.24. The Balaban J connectivity index is 1.32. The second-order valence-electron chi connectivity index (χ2n) is 13.8. The Labute approximate surface area is 272 Å². The van der Waals surface area contributed by atoms with Crippen molar-refractivity contribution in [3.63, 3.8) is 0 Å². The highest BCUT2D eigenvalue weighted by molar-refractivity contribution is 6.76. The molecule has 1 aliphatic carbocycles. The van der Waals surface area contributed by atoms with Gasteiger partial charge in [-0.2, -0.15) is 13.2 Å². The second kappa shape index (κ2) is 14.7. The van der Waals surface area contributed by atoms with Gasteiger partial charge in [0.05, 0.1) is 36.6 Å². The van der Waals surface area contributed by atoms with Gasteiger partial charge in [-0.05, 0) is 92.4 Å². The number of alkyl halides is 3. The first-order valence-corrected chi connectivity index (χ1v) is 20.0. The van der Waals surface area contributed by atoms with Gasteiger partial charge in [-0.3, -0.25) is 14.4 Å². The predicted molar refractivity (Wildman–Crippen MR) is 172 cm³/mol. The Morgan fingerprint density at radius 2 is 1.72 bits per heavy atom. The van der Waals surface area contributed by atoms with Crippen LogP contribution in [0.25, 0.3) is 10.9 Å². The summed E-state index contributed by atoms with van der Waals surface area (Å²) in [5.41, 5.74) is -1.23. The Morgan fingerprint density at radius 1 is 1.00 bits per heavy atom. The summed E-state index contributed by atoms with van der Waals surface area (Å²) in [6.45, 7) is 8.78. The molecule has 0 N–H and O–H groups in total. The van der Waals surface area contributed by atoms with E-state index in [4.69, 9.17) is 14.2 Å². The molecule has 1 aliphatic heterocycles. The summed E-state index contributed by atoms with van der Waals surface area (Å²) < 4.78 is 58.1. The number of carbonyl (C=O) groups is 2. The average Bonchev–Trinajstić information content (AvgIpc) is 3.45. The van der Waals surface area contributed by atoms with E-state index in [-0.39, 0.29) is 29.8 Å². The van der Waals surface area contributed by atoms with Gasteiger partial charge in [0.15, 0.2) is 5.78 Å². The second-order valence-corrected chi connectivity index (χ2v) is 19.5. The summed E-state index contributed by atoms with van der Waals surface area (Å²) >= 11 is 0. The molecule has 9 nitrogen and oxygen atoms in total. The quantitative estimate of drug-likeness (QED) is 0.123. The summed E-state index contributed by atoms with van der Waals surface area (Å²) in [7, 11) is -1.52. The van der Waals surface area contributed by atoms with Crippen LogP contribution in [0.4, 0.5) is 13.2 Å². The summed E-state index contributed by atoms with van der Waals surface area (Å²) in [5, 5.41) is 7.71. The molecule has 1 aromatic heterocycles. The van der Waals surface area contributed by atoms with Crippen LogP contribution >= 0.6 is 0 Å². The van der Waals surface area contributed by atoms with Crippen molar-refractivity contribution in [2.45, 2.75) is 70.5 Å². The molecular weight excluding hydrogens is 631 g/mol. The molecule has 47 heavy (non-hydrogen) atoms. The van der Waals surface area contributed by atoms with E-state index in [1.807, 2.05) is 0 Å². The zero-order valence-electron chi connectivity index (χ0n) is 27.1. The molecule has 13 heteroatoms. The van der Waals surface area contributed by atoms with Gasteiger partial charge in [-0.1, -0.05) is 24.9 Å². The van der Waals surface area contributed by atoms with E-state index in [2.05, 4.69) is 30.0 Å². The molecule has 2 aliphatic rings. The molecule has 3 aromatic rings. The van der Waals surface area contributed by atoms with Gasteiger partial charge < -0.3 is 14.2 Å². The molecule has 254 valence electrons. The lowest BCUT2D eigenvalue weighted by Crippen LogP contribution is -2.36. The Bertz CT molecular complexity index is 1620. The molecule has 1 saturated carbocycles. The SMILES string of the molecule is C[Si](C)(C)CCOC(=O)C1C(Cn2nnc3ccc(C(F)(F)F)cc3c2=O)CCC1C(=O)c1ccc(OCCC2CCOCC2)cc1. The molecule has 2 heterocycles. The minimum atomic E-state index is -4.63. The van der Waals surface area contributed by atoms with Gasteiger partial charge in [-0.25, -0.2) is 4.68 Å². The number of nitrogens with zero attached hydrogens (tertiary/aromatic N) is 3. The monoisotopic (exact) mass is 673 g/mol. The van der Waals surface area contributed by atoms with Gasteiger partial charge in [0.25, 0.3) is 5.56 Å². The molecule has 0 spiro atoms. The van der Waals surface area contributed by atoms with Crippen molar-refractivity contribution in [2.24, 2.45) is 23.7 Å². The number of carbonyl (C=O) groups excluding carboxylic acids is 2. The number of hydrogen-bond donors (Lipinski definition) is 0. The van der Waals surface area contributed by atoms with Crippen LogP contribution in [0.5, 0.6) is 5.75 Å². The van der Waals surface area contributed by atoms with E-state index in [9.17, 15) is 27.6 Å². The standard InChI is InChI=1S/C34H42F3N3O6Si/c1-47(2,3)19-18-46-33(43)30-24(21-40-32(42)28-20-25(34(35,36)37)7-11-29(28)38-39-40)6-10-27(30)31(41)23-4-8-26(9-5-23)45-17-14-22-12-15-44-16-13-22/h4-5,7-9,11,20,22,24,27,30H,6,10,12-19,21H2,1-3H3. The number of Topliss-reactive ketones (excluding diaryl/α,β-unsaturated/α-hetero) is 1. The van der Waals surface area contributed by atoms with Crippen LogP contribution in [-0.2, 0) is 27.0 Å². The van der Waals surface area contributed by atoms with Crippen LogP contribution in [-0.4, -0.2) is 61.2 Å². The highest BCUT2D eigenvalue weighted by atomic mass is 28.3. The normalized spacial score (nSPS) is 20.8. The molecule has 3 unspecified atom stereocenters. The molecular formula is C34H42F3N3O6Si. The molecule has 5 rings (SSSR count). The maximum absolute atomic E-state index is 13.8. The van der Waals surface area contributed by atoms with Crippen LogP contribution in [0.3, 0.4) is 0 Å². The van der Waals surface area contributed by atoms with Gasteiger partial charge in [0, 0.05) is 32.8 Å². The number of esters is 1. The fourth-order valence-electron chi connectivity index (χ4n) is 6.39. The first-order chi connectivity index (χ1) is 22.3. The van der Waals surface area contributed by atoms with E-state index in [0.717, 1.165) is 61.4 Å². The van der Waals surface area contributed by atoms with Crippen LogP contribution in [0, 0.1) is 23.7 Å².